The molecule has 25 heavy (non-hydrogen) atoms. The average Bonchev–Trinajstić information content (AvgIpc) is 2.58. The minimum Gasteiger partial charge on any atom is -0.356 e. The summed E-state index contributed by atoms with van der Waals surface area (Å²) in [5.74, 6) is -1.15. The topological polar surface area (TPSA) is 49.4 Å². The third-order valence-electron chi connectivity index (χ3n) is 3.76. The first-order valence-electron chi connectivity index (χ1n) is 8.01. The standard InChI is InChI=1S/C19H20F2N2O2/c1-14(24)23(17-8-6-16(20)7-9-17)13-11-19(25)22-12-10-15-4-2-3-5-18(15)21/h2-9H,10-13H2,1H3,(H,22,25). The van der Waals surface area contributed by atoms with E-state index in [9.17, 15) is 18.4 Å². The number of anilines is 1. The summed E-state index contributed by atoms with van der Waals surface area (Å²) in [6, 6.07) is 11.9. The van der Waals surface area contributed by atoms with E-state index in [0.717, 1.165) is 0 Å². The quantitative estimate of drug-likeness (QED) is 0.838. The number of halogens is 2. The van der Waals surface area contributed by atoms with E-state index in [2.05, 4.69) is 5.32 Å². The van der Waals surface area contributed by atoms with Gasteiger partial charge in [0.15, 0.2) is 0 Å². The lowest BCUT2D eigenvalue weighted by molar-refractivity contribution is -0.121. The molecule has 0 aliphatic rings. The van der Waals surface area contributed by atoms with E-state index in [0.29, 0.717) is 24.2 Å². The molecular weight excluding hydrogens is 326 g/mol. The fourth-order valence-corrected chi connectivity index (χ4v) is 2.43. The highest BCUT2D eigenvalue weighted by atomic mass is 19.1. The lowest BCUT2D eigenvalue weighted by Gasteiger charge is -2.21. The lowest BCUT2D eigenvalue weighted by atomic mass is 10.1. The Morgan fingerprint density at radius 2 is 1.72 bits per heavy atom. The number of carbonyl (C=O) groups excluding carboxylic acids is 2. The monoisotopic (exact) mass is 346 g/mol. The van der Waals surface area contributed by atoms with Crippen molar-refractivity contribution in [2.75, 3.05) is 18.0 Å². The molecule has 0 radical (unpaired) electrons. The van der Waals surface area contributed by atoms with Crippen LogP contribution in [-0.4, -0.2) is 24.9 Å². The average molecular weight is 346 g/mol. The molecule has 0 aliphatic carbocycles. The molecule has 0 saturated carbocycles. The van der Waals surface area contributed by atoms with Gasteiger partial charge in [-0.05, 0) is 42.3 Å². The molecule has 1 N–H and O–H groups in total. The molecule has 6 heteroatoms. The van der Waals surface area contributed by atoms with E-state index in [4.69, 9.17) is 0 Å². The van der Waals surface area contributed by atoms with Crippen LogP contribution in [0.25, 0.3) is 0 Å². The maximum absolute atomic E-state index is 13.5. The lowest BCUT2D eigenvalue weighted by Crippen LogP contribution is -2.34. The molecule has 0 spiro atoms. The fourth-order valence-electron chi connectivity index (χ4n) is 2.43. The van der Waals surface area contributed by atoms with Gasteiger partial charge < -0.3 is 10.2 Å². The van der Waals surface area contributed by atoms with Crippen molar-refractivity contribution < 1.29 is 18.4 Å². The molecule has 0 saturated heterocycles. The smallest absolute Gasteiger partial charge is 0.223 e. The zero-order valence-electron chi connectivity index (χ0n) is 14.0. The first kappa shape index (κ1) is 18.6. The van der Waals surface area contributed by atoms with Gasteiger partial charge in [0.05, 0.1) is 0 Å². The highest BCUT2D eigenvalue weighted by molar-refractivity contribution is 5.92. The van der Waals surface area contributed by atoms with Crippen LogP contribution >= 0.6 is 0 Å². The van der Waals surface area contributed by atoms with Crippen molar-refractivity contribution in [2.24, 2.45) is 0 Å². The first-order chi connectivity index (χ1) is 12.0. The molecule has 132 valence electrons. The van der Waals surface area contributed by atoms with Crippen molar-refractivity contribution >= 4 is 17.5 Å². The molecule has 2 amide bonds. The summed E-state index contributed by atoms with van der Waals surface area (Å²) in [4.78, 5) is 25.1. The number of hydrogen-bond acceptors (Lipinski definition) is 2. The number of hydrogen-bond donors (Lipinski definition) is 1. The first-order valence-corrected chi connectivity index (χ1v) is 8.01. The van der Waals surface area contributed by atoms with Gasteiger partial charge in [0.25, 0.3) is 0 Å². The third-order valence-corrected chi connectivity index (χ3v) is 3.76. The van der Waals surface area contributed by atoms with E-state index >= 15 is 0 Å². The minimum atomic E-state index is -0.391. The largest absolute Gasteiger partial charge is 0.356 e. The summed E-state index contributed by atoms with van der Waals surface area (Å²) in [6.07, 6.45) is 0.501. The summed E-state index contributed by atoms with van der Waals surface area (Å²) in [6.45, 7) is 1.89. The molecule has 0 unspecified atom stereocenters. The van der Waals surface area contributed by atoms with Crippen molar-refractivity contribution in [3.8, 4) is 0 Å². The second-order valence-electron chi connectivity index (χ2n) is 5.59. The van der Waals surface area contributed by atoms with Crippen LogP contribution in [0.5, 0.6) is 0 Å². The normalized spacial score (nSPS) is 10.4. The number of carbonyl (C=O) groups is 2. The van der Waals surface area contributed by atoms with Crippen molar-refractivity contribution in [3.05, 3.63) is 65.7 Å². The maximum atomic E-state index is 13.5. The van der Waals surface area contributed by atoms with Crippen molar-refractivity contribution in [1.82, 2.24) is 5.32 Å². The summed E-state index contributed by atoms with van der Waals surface area (Å²) in [5.41, 5.74) is 1.08. The van der Waals surface area contributed by atoms with Crippen LogP contribution in [0.4, 0.5) is 14.5 Å². The Morgan fingerprint density at radius 3 is 2.36 bits per heavy atom. The Balaban J connectivity index is 1.82. The number of nitrogens with zero attached hydrogens (tertiary/aromatic N) is 1. The SMILES string of the molecule is CC(=O)N(CCC(=O)NCCc1ccccc1F)c1ccc(F)cc1. The Labute approximate surface area is 145 Å². The number of nitrogens with one attached hydrogen (secondary N) is 1. The van der Waals surface area contributed by atoms with Crippen LogP contribution in [0.15, 0.2) is 48.5 Å². The molecule has 0 atom stereocenters. The Hall–Kier alpha value is -2.76. The molecule has 0 heterocycles. The van der Waals surface area contributed by atoms with Crippen LogP contribution < -0.4 is 10.2 Å². The van der Waals surface area contributed by atoms with Gasteiger partial charge in [-0.25, -0.2) is 8.78 Å². The summed E-state index contributed by atoms with van der Waals surface area (Å²) in [5, 5.41) is 2.71. The van der Waals surface area contributed by atoms with Crippen LogP contribution in [0, 0.1) is 11.6 Å². The molecular formula is C19H20F2N2O2. The van der Waals surface area contributed by atoms with Gasteiger partial charge in [-0.1, -0.05) is 18.2 Å². The molecule has 0 fully saturated rings. The van der Waals surface area contributed by atoms with Crippen molar-refractivity contribution in [2.45, 2.75) is 19.8 Å². The summed E-state index contributed by atoms with van der Waals surface area (Å²) >= 11 is 0. The molecule has 2 aromatic carbocycles. The molecule has 0 bridgehead atoms. The van der Waals surface area contributed by atoms with E-state index in [1.54, 1.807) is 18.2 Å². The van der Waals surface area contributed by atoms with E-state index < -0.39 is 5.82 Å². The van der Waals surface area contributed by atoms with E-state index in [-0.39, 0.29) is 30.6 Å². The third kappa shape index (κ3) is 5.67. The van der Waals surface area contributed by atoms with Gasteiger partial charge in [0.1, 0.15) is 11.6 Å². The zero-order valence-corrected chi connectivity index (χ0v) is 14.0. The number of rotatable bonds is 7. The van der Waals surface area contributed by atoms with Crippen LogP contribution in [0.3, 0.4) is 0 Å². The van der Waals surface area contributed by atoms with Crippen LogP contribution in [0.1, 0.15) is 18.9 Å². The molecule has 2 rings (SSSR count). The second kappa shape index (κ2) is 8.92. The second-order valence-corrected chi connectivity index (χ2v) is 5.59. The molecule has 0 aliphatic heterocycles. The summed E-state index contributed by atoms with van der Waals surface area (Å²) < 4.78 is 26.5. The van der Waals surface area contributed by atoms with Crippen molar-refractivity contribution in [3.63, 3.8) is 0 Å². The molecule has 0 aromatic heterocycles. The predicted octanol–water partition coefficient (Wildman–Crippen LogP) is 3.07. The van der Waals surface area contributed by atoms with Gasteiger partial charge in [0.2, 0.25) is 11.8 Å². The number of amides is 2. The van der Waals surface area contributed by atoms with Gasteiger partial charge in [-0.3, -0.25) is 9.59 Å². The van der Waals surface area contributed by atoms with Crippen molar-refractivity contribution in [1.29, 1.82) is 0 Å². The van der Waals surface area contributed by atoms with Gasteiger partial charge >= 0.3 is 0 Å². The van der Waals surface area contributed by atoms with Crippen LogP contribution in [0.2, 0.25) is 0 Å². The van der Waals surface area contributed by atoms with Gasteiger partial charge in [-0.2, -0.15) is 0 Å². The van der Waals surface area contributed by atoms with Gasteiger partial charge in [-0.15, -0.1) is 0 Å². The Kier molecular flexibility index (Phi) is 6.62. The number of benzene rings is 2. The van der Waals surface area contributed by atoms with E-state index in [1.165, 1.54) is 42.2 Å². The summed E-state index contributed by atoms with van der Waals surface area (Å²) in [7, 11) is 0. The zero-order chi connectivity index (χ0) is 18.2. The maximum Gasteiger partial charge on any atom is 0.223 e. The minimum absolute atomic E-state index is 0.105. The molecule has 2 aromatic rings. The Morgan fingerprint density at radius 1 is 1.04 bits per heavy atom. The highest BCUT2D eigenvalue weighted by Gasteiger charge is 2.13. The predicted molar refractivity (Wildman–Crippen MR) is 92.2 cm³/mol. The van der Waals surface area contributed by atoms with Crippen LogP contribution in [-0.2, 0) is 16.0 Å². The van der Waals surface area contributed by atoms with E-state index in [1.807, 2.05) is 0 Å². The Bertz CT molecular complexity index is 732. The molecule has 4 nitrogen and oxygen atoms in total. The van der Waals surface area contributed by atoms with Gasteiger partial charge in [0, 0.05) is 32.1 Å². The highest BCUT2D eigenvalue weighted by Crippen LogP contribution is 2.15. The fraction of sp³-hybridized carbons (Fsp3) is 0.263.